The van der Waals surface area contributed by atoms with E-state index >= 15 is 0 Å². The van der Waals surface area contributed by atoms with E-state index in [2.05, 4.69) is 0 Å². The molecule has 0 bridgehead atoms. The van der Waals surface area contributed by atoms with Crippen LogP contribution in [0.2, 0.25) is 0 Å². The van der Waals surface area contributed by atoms with Gasteiger partial charge in [-0.15, -0.1) is 0 Å². The van der Waals surface area contributed by atoms with Crippen LogP contribution in [0.5, 0.6) is 0 Å². The Bertz CT molecular complexity index is 598. The van der Waals surface area contributed by atoms with Crippen molar-refractivity contribution in [2.24, 2.45) is 0 Å². The van der Waals surface area contributed by atoms with Crippen molar-refractivity contribution in [2.45, 2.75) is 6.92 Å². The van der Waals surface area contributed by atoms with Crippen molar-refractivity contribution in [3.8, 4) is 0 Å². The number of benzene rings is 1. The topological polar surface area (TPSA) is 47.3 Å². The normalized spacial score (nSPS) is 10.5. The molecule has 0 aliphatic heterocycles. The fourth-order valence-corrected chi connectivity index (χ4v) is 1.33. The number of halogens is 1. The first-order valence-electron chi connectivity index (χ1n) is 4.32. The number of rotatable bonds is 1. The van der Waals surface area contributed by atoms with Crippen molar-refractivity contribution in [3.05, 3.63) is 46.3 Å². The van der Waals surface area contributed by atoms with Gasteiger partial charge < -0.3 is 4.42 Å². The number of fused-ring (bicyclic) bond motifs is 1. The second-order valence-corrected chi connectivity index (χ2v) is 3.19. The van der Waals surface area contributed by atoms with Gasteiger partial charge in [0.1, 0.15) is 5.82 Å². The van der Waals surface area contributed by atoms with Crippen LogP contribution in [-0.4, -0.2) is 5.78 Å². The van der Waals surface area contributed by atoms with E-state index < -0.39 is 11.4 Å². The third-order valence-corrected chi connectivity index (χ3v) is 2.07. The summed E-state index contributed by atoms with van der Waals surface area (Å²) in [5.41, 5.74) is -0.697. The average Bonchev–Trinajstić information content (AvgIpc) is 2.18. The van der Waals surface area contributed by atoms with E-state index in [1.54, 1.807) is 0 Å². The third-order valence-electron chi connectivity index (χ3n) is 2.07. The van der Waals surface area contributed by atoms with Crippen LogP contribution in [0, 0.1) is 5.82 Å². The molecule has 0 N–H and O–H groups in total. The minimum absolute atomic E-state index is 0.0147. The molecule has 1 heterocycles. The predicted molar refractivity (Wildman–Crippen MR) is 52.4 cm³/mol. The van der Waals surface area contributed by atoms with Crippen molar-refractivity contribution < 1.29 is 13.6 Å². The molecule has 0 atom stereocenters. The van der Waals surface area contributed by atoms with Gasteiger partial charge in [-0.3, -0.25) is 4.79 Å². The van der Waals surface area contributed by atoms with Gasteiger partial charge in [0.15, 0.2) is 11.5 Å². The van der Waals surface area contributed by atoms with Crippen LogP contribution >= 0.6 is 0 Å². The first kappa shape index (κ1) is 9.58. The zero-order valence-electron chi connectivity index (χ0n) is 7.91. The molecule has 4 heteroatoms. The predicted octanol–water partition coefficient (Wildman–Crippen LogP) is 2.13. The molecule has 1 aromatic heterocycles. The largest absolute Gasteiger partial charge is 0.419 e. The lowest BCUT2D eigenvalue weighted by Gasteiger charge is -1.98. The zero-order chi connectivity index (χ0) is 11.0. The molecule has 0 spiro atoms. The summed E-state index contributed by atoms with van der Waals surface area (Å²) in [6.07, 6.45) is 0. The molecule has 2 aromatic rings. The summed E-state index contributed by atoms with van der Waals surface area (Å²) in [6, 6.07) is 5.18. The van der Waals surface area contributed by atoms with Crippen LogP contribution in [0.25, 0.3) is 10.8 Å². The van der Waals surface area contributed by atoms with Crippen LogP contribution in [-0.2, 0) is 0 Å². The fraction of sp³-hybridized carbons (Fsp3) is 0.0909. The standard InChI is InChI=1S/C11H7FO3/c1-6(13)10-4-7-2-3-8(12)5-9(7)11(14)15-10/h2-5H,1H3. The summed E-state index contributed by atoms with van der Waals surface area (Å²) in [6.45, 7) is 1.30. The second kappa shape index (κ2) is 3.31. The van der Waals surface area contributed by atoms with Crippen LogP contribution < -0.4 is 5.63 Å². The summed E-state index contributed by atoms with van der Waals surface area (Å²) in [5.74, 6) is -0.859. The molecule has 0 saturated heterocycles. The van der Waals surface area contributed by atoms with Crippen LogP contribution in [0.3, 0.4) is 0 Å². The molecule has 15 heavy (non-hydrogen) atoms. The highest BCUT2D eigenvalue weighted by atomic mass is 19.1. The lowest BCUT2D eigenvalue weighted by Crippen LogP contribution is -2.04. The quantitative estimate of drug-likeness (QED) is 0.671. The van der Waals surface area contributed by atoms with Gasteiger partial charge >= 0.3 is 5.63 Å². The molecule has 0 saturated carbocycles. The van der Waals surface area contributed by atoms with E-state index in [9.17, 15) is 14.0 Å². The Morgan fingerprint density at radius 3 is 2.73 bits per heavy atom. The molecule has 76 valence electrons. The molecule has 3 nitrogen and oxygen atoms in total. The smallest absolute Gasteiger partial charge is 0.344 e. The highest BCUT2D eigenvalue weighted by molar-refractivity contribution is 5.95. The Kier molecular flexibility index (Phi) is 2.11. The Hall–Kier alpha value is -1.97. The van der Waals surface area contributed by atoms with Crippen molar-refractivity contribution in [3.63, 3.8) is 0 Å². The first-order valence-corrected chi connectivity index (χ1v) is 4.32. The maximum atomic E-state index is 12.8. The third kappa shape index (κ3) is 1.66. The maximum absolute atomic E-state index is 12.8. The SMILES string of the molecule is CC(=O)c1cc2ccc(F)cc2c(=O)o1. The Balaban J connectivity index is 2.84. The average molecular weight is 206 g/mol. The van der Waals surface area contributed by atoms with Gasteiger partial charge in [-0.2, -0.15) is 0 Å². The molecule has 0 radical (unpaired) electrons. The molecule has 2 rings (SSSR count). The first-order chi connectivity index (χ1) is 7.08. The molecule has 0 aliphatic rings. The summed E-state index contributed by atoms with van der Waals surface area (Å²) >= 11 is 0. The summed E-state index contributed by atoms with van der Waals surface area (Å²) < 4.78 is 17.6. The maximum Gasteiger partial charge on any atom is 0.344 e. The molecule has 0 fully saturated rings. The molecule has 0 unspecified atom stereocenters. The lowest BCUT2D eigenvalue weighted by molar-refractivity contribution is 0.0983. The minimum Gasteiger partial charge on any atom is -0.419 e. The van der Waals surface area contributed by atoms with Crippen LogP contribution in [0.4, 0.5) is 4.39 Å². The van der Waals surface area contributed by atoms with E-state index in [4.69, 9.17) is 4.42 Å². The highest BCUT2D eigenvalue weighted by Gasteiger charge is 2.08. The summed E-state index contributed by atoms with van der Waals surface area (Å²) in [5, 5.41) is 0.637. The molecular weight excluding hydrogens is 199 g/mol. The van der Waals surface area contributed by atoms with Crippen molar-refractivity contribution in [2.75, 3.05) is 0 Å². The Morgan fingerprint density at radius 2 is 2.07 bits per heavy atom. The van der Waals surface area contributed by atoms with Gasteiger partial charge in [0.25, 0.3) is 0 Å². The van der Waals surface area contributed by atoms with Crippen LogP contribution in [0.15, 0.2) is 33.5 Å². The Labute approximate surface area is 84.1 Å². The van der Waals surface area contributed by atoms with Gasteiger partial charge in [-0.05, 0) is 23.6 Å². The van der Waals surface area contributed by atoms with Crippen molar-refractivity contribution in [1.82, 2.24) is 0 Å². The number of Topliss-reactive ketones (excluding diaryl/α,β-unsaturated/α-hetero) is 1. The summed E-state index contributed by atoms with van der Waals surface area (Å²) in [7, 11) is 0. The van der Waals surface area contributed by atoms with E-state index in [1.807, 2.05) is 0 Å². The number of hydrogen-bond acceptors (Lipinski definition) is 3. The number of carbonyl (C=O) groups excluding carboxylic acids is 1. The number of hydrogen-bond donors (Lipinski definition) is 0. The highest BCUT2D eigenvalue weighted by Crippen LogP contribution is 2.13. The zero-order valence-corrected chi connectivity index (χ0v) is 7.91. The second-order valence-electron chi connectivity index (χ2n) is 3.19. The molecular formula is C11H7FO3. The van der Waals surface area contributed by atoms with Gasteiger partial charge in [0.05, 0.1) is 5.39 Å². The van der Waals surface area contributed by atoms with Gasteiger partial charge in [0.2, 0.25) is 0 Å². The molecule has 0 aliphatic carbocycles. The van der Waals surface area contributed by atoms with Gasteiger partial charge in [-0.25, -0.2) is 9.18 Å². The number of ketones is 1. The minimum atomic E-state index is -0.697. The van der Waals surface area contributed by atoms with Crippen LogP contribution in [0.1, 0.15) is 17.5 Å². The van der Waals surface area contributed by atoms with Gasteiger partial charge in [-0.1, -0.05) is 6.07 Å². The monoisotopic (exact) mass is 206 g/mol. The Morgan fingerprint density at radius 1 is 1.33 bits per heavy atom. The molecule has 0 amide bonds. The van der Waals surface area contributed by atoms with Crippen molar-refractivity contribution >= 4 is 16.6 Å². The van der Waals surface area contributed by atoms with E-state index in [1.165, 1.54) is 25.1 Å². The van der Waals surface area contributed by atoms with E-state index in [-0.39, 0.29) is 16.9 Å². The molecule has 1 aromatic carbocycles. The van der Waals surface area contributed by atoms with Gasteiger partial charge in [0, 0.05) is 6.92 Å². The van der Waals surface area contributed by atoms with E-state index in [0.29, 0.717) is 5.39 Å². The van der Waals surface area contributed by atoms with E-state index in [0.717, 1.165) is 6.07 Å². The number of carbonyl (C=O) groups is 1. The summed E-state index contributed by atoms with van der Waals surface area (Å²) in [4.78, 5) is 22.4. The fourth-order valence-electron chi connectivity index (χ4n) is 1.33. The van der Waals surface area contributed by atoms with Crippen molar-refractivity contribution in [1.29, 1.82) is 0 Å². The lowest BCUT2D eigenvalue weighted by atomic mass is 10.1.